The van der Waals surface area contributed by atoms with Crippen LogP contribution >= 0.6 is 0 Å². The van der Waals surface area contributed by atoms with Crippen molar-refractivity contribution in [2.75, 3.05) is 13.2 Å². The molecule has 0 rings (SSSR count). The van der Waals surface area contributed by atoms with Crippen LogP contribution in [0.25, 0.3) is 0 Å². The lowest BCUT2D eigenvalue weighted by atomic mass is 10.1. The normalized spacial score (nSPS) is 12.3. The van der Waals surface area contributed by atoms with E-state index in [4.69, 9.17) is 14.2 Å². The number of hydrogen-bond donors (Lipinski definition) is 0. The summed E-state index contributed by atoms with van der Waals surface area (Å²) in [5, 5.41) is 0. The van der Waals surface area contributed by atoms with E-state index in [1.807, 2.05) is 0 Å². The monoisotopic (exact) mass is 939 g/mol. The van der Waals surface area contributed by atoms with E-state index < -0.39 is 6.10 Å². The number of hydrogen-bond acceptors (Lipinski definition) is 6. The molecule has 0 aromatic heterocycles. The fourth-order valence-electron chi connectivity index (χ4n) is 8.35. The van der Waals surface area contributed by atoms with Gasteiger partial charge < -0.3 is 14.2 Å². The smallest absolute Gasteiger partial charge is 0.306 e. The first-order valence-corrected chi connectivity index (χ1v) is 29.1. The molecular formula is C61H110O6. The molecule has 0 aromatic carbocycles. The van der Waals surface area contributed by atoms with E-state index in [0.717, 1.165) is 89.9 Å². The van der Waals surface area contributed by atoms with Gasteiger partial charge in [0.25, 0.3) is 0 Å². The van der Waals surface area contributed by atoms with Crippen LogP contribution < -0.4 is 0 Å². The van der Waals surface area contributed by atoms with Crippen LogP contribution in [0.5, 0.6) is 0 Å². The zero-order valence-corrected chi connectivity index (χ0v) is 44.7. The molecule has 6 heteroatoms. The molecule has 0 spiro atoms. The summed E-state index contributed by atoms with van der Waals surface area (Å²) in [5.74, 6) is -0.896. The van der Waals surface area contributed by atoms with Gasteiger partial charge in [0.1, 0.15) is 13.2 Å². The molecule has 0 saturated heterocycles. The van der Waals surface area contributed by atoms with Gasteiger partial charge in [-0.2, -0.15) is 0 Å². The molecule has 0 N–H and O–H groups in total. The van der Waals surface area contributed by atoms with Gasteiger partial charge in [0.15, 0.2) is 6.10 Å². The molecule has 0 unspecified atom stereocenters. The molecule has 0 aliphatic heterocycles. The van der Waals surface area contributed by atoms with Gasteiger partial charge in [0.2, 0.25) is 0 Å². The quantitative estimate of drug-likeness (QED) is 0.0262. The Balaban J connectivity index is 4.38. The third-order valence-electron chi connectivity index (χ3n) is 12.8. The summed E-state index contributed by atoms with van der Waals surface area (Å²) >= 11 is 0. The van der Waals surface area contributed by atoms with Crippen LogP contribution in [-0.4, -0.2) is 37.2 Å². The van der Waals surface area contributed by atoms with Crippen molar-refractivity contribution < 1.29 is 28.6 Å². The molecule has 0 radical (unpaired) electrons. The second-order valence-electron chi connectivity index (χ2n) is 19.5. The minimum absolute atomic E-state index is 0.0823. The third kappa shape index (κ3) is 54.2. The maximum absolute atomic E-state index is 12.8. The Kier molecular flexibility index (Phi) is 53.8. The summed E-state index contributed by atoms with van der Waals surface area (Å²) in [5.41, 5.74) is 0. The van der Waals surface area contributed by atoms with Crippen molar-refractivity contribution in [1.29, 1.82) is 0 Å². The highest BCUT2D eigenvalue weighted by Crippen LogP contribution is 2.15. The van der Waals surface area contributed by atoms with Crippen molar-refractivity contribution in [3.63, 3.8) is 0 Å². The molecule has 390 valence electrons. The minimum atomic E-state index is -0.785. The number of carbonyl (C=O) groups excluding carboxylic acids is 3. The highest BCUT2D eigenvalue weighted by atomic mass is 16.6. The van der Waals surface area contributed by atoms with Crippen LogP contribution in [0.1, 0.15) is 303 Å². The Morgan fingerprint density at radius 3 is 0.866 bits per heavy atom. The molecule has 0 amide bonds. The predicted molar refractivity (Wildman–Crippen MR) is 289 cm³/mol. The number of allylic oxidation sites excluding steroid dienone is 8. The van der Waals surface area contributed by atoms with Crippen LogP contribution in [-0.2, 0) is 28.6 Å². The summed E-state index contributed by atoms with van der Waals surface area (Å²) in [6, 6.07) is 0. The van der Waals surface area contributed by atoms with Gasteiger partial charge in [-0.1, -0.05) is 230 Å². The summed E-state index contributed by atoms with van der Waals surface area (Å²) in [6.07, 6.45) is 68.1. The van der Waals surface area contributed by atoms with E-state index in [9.17, 15) is 14.4 Å². The van der Waals surface area contributed by atoms with E-state index in [-0.39, 0.29) is 31.1 Å². The fourth-order valence-corrected chi connectivity index (χ4v) is 8.35. The van der Waals surface area contributed by atoms with Crippen molar-refractivity contribution in [3.8, 4) is 0 Å². The highest BCUT2D eigenvalue weighted by molar-refractivity contribution is 5.71. The molecule has 1 atom stereocenters. The molecule has 0 aliphatic carbocycles. The number of unbranched alkanes of at least 4 members (excludes halogenated alkanes) is 34. The molecule has 0 bridgehead atoms. The van der Waals surface area contributed by atoms with Crippen molar-refractivity contribution in [2.24, 2.45) is 0 Å². The number of ether oxygens (including phenoxy) is 3. The molecule has 0 aromatic rings. The Morgan fingerprint density at radius 1 is 0.299 bits per heavy atom. The average Bonchev–Trinajstić information content (AvgIpc) is 3.33. The fraction of sp³-hybridized carbons (Fsp3) is 0.820. The third-order valence-corrected chi connectivity index (χ3v) is 12.8. The van der Waals surface area contributed by atoms with Crippen molar-refractivity contribution in [1.82, 2.24) is 0 Å². The lowest BCUT2D eigenvalue weighted by molar-refractivity contribution is -0.167. The van der Waals surface area contributed by atoms with Gasteiger partial charge in [-0.3, -0.25) is 14.4 Å². The minimum Gasteiger partial charge on any atom is -0.462 e. The summed E-state index contributed by atoms with van der Waals surface area (Å²) in [7, 11) is 0. The number of carbonyl (C=O) groups is 3. The van der Waals surface area contributed by atoms with Crippen LogP contribution in [0.2, 0.25) is 0 Å². The first kappa shape index (κ1) is 64.4. The molecular weight excluding hydrogens is 829 g/mol. The predicted octanol–water partition coefficient (Wildman–Crippen LogP) is 19.4. The Bertz CT molecular complexity index is 1170. The van der Waals surface area contributed by atoms with Crippen LogP contribution in [0.4, 0.5) is 0 Å². The van der Waals surface area contributed by atoms with Crippen molar-refractivity contribution in [3.05, 3.63) is 48.6 Å². The highest BCUT2D eigenvalue weighted by Gasteiger charge is 2.19. The second kappa shape index (κ2) is 56.0. The topological polar surface area (TPSA) is 78.9 Å². The first-order chi connectivity index (χ1) is 33.0. The van der Waals surface area contributed by atoms with Crippen molar-refractivity contribution in [2.45, 2.75) is 309 Å². The zero-order chi connectivity index (χ0) is 48.6. The SMILES string of the molecule is CCCCC/C=C\C/C=C\CCCCCCCC(=O)O[C@H](COC(=O)CCCCCCC/C=C\CCCCCCCC)COC(=O)CCCCCCCCC/C=C\CCCCCCCCCC. The van der Waals surface area contributed by atoms with Gasteiger partial charge in [-0.15, -0.1) is 0 Å². The number of rotatable bonds is 53. The molecule has 67 heavy (non-hydrogen) atoms. The lowest BCUT2D eigenvalue weighted by Crippen LogP contribution is -2.30. The lowest BCUT2D eigenvalue weighted by Gasteiger charge is -2.18. The van der Waals surface area contributed by atoms with Gasteiger partial charge in [-0.25, -0.2) is 0 Å². The van der Waals surface area contributed by atoms with E-state index in [2.05, 4.69) is 69.4 Å². The van der Waals surface area contributed by atoms with Gasteiger partial charge in [-0.05, 0) is 103 Å². The average molecular weight is 940 g/mol. The van der Waals surface area contributed by atoms with E-state index in [0.29, 0.717) is 19.3 Å². The Morgan fingerprint density at radius 2 is 0.537 bits per heavy atom. The van der Waals surface area contributed by atoms with Crippen LogP contribution in [0.3, 0.4) is 0 Å². The Hall–Kier alpha value is -2.63. The summed E-state index contributed by atoms with van der Waals surface area (Å²) in [4.78, 5) is 38.1. The zero-order valence-electron chi connectivity index (χ0n) is 44.7. The molecule has 0 fully saturated rings. The maximum Gasteiger partial charge on any atom is 0.306 e. The molecule has 6 nitrogen and oxygen atoms in total. The maximum atomic E-state index is 12.8. The van der Waals surface area contributed by atoms with E-state index in [1.54, 1.807) is 0 Å². The first-order valence-electron chi connectivity index (χ1n) is 29.1. The van der Waals surface area contributed by atoms with Crippen LogP contribution in [0, 0.1) is 0 Å². The van der Waals surface area contributed by atoms with Crippen LogP contribution in [0.15, 0.2) is 48.6 Å². The second-order valence-corrected chi connectivity index (χ2v) is 19.5. The van der Waals surface area contributed by atoms with E-state index >= 15 is 0 Å². The molecule has 0 saturated carbocycles. The largest absolute Gasteiger partial charge is 0.462 e. The van der Waals surface area contributed by atoms with Gasteiger partial charge in [0.05, 0.1) is 0 Å². The molecule has 0 aliphatic rings. The molecule has 0 heterocycles. The Labute approximate surface area is 416 Å². The van der Waals surface area contributed by atoms with E-state index in [1.165, 1.54) is 173 Å². The summed E-state index contributed by atoms with van der Waals surface area (Å²) < 4.78 is 16.9. The van der Waals surface area contributed by atoms with Gasteiger partial charge in [0, 0.05) is 19.3 Å². The number of esters is 3. The summed E-state index contributed by atoms with van der Waals surface area (Å²) in [6.45, 7) is 6.62. The van der Waals surface area contributed by atoms with Crippen molar-refractivity contribution >= 4 is 17.9 Å². The van der Waals surface area contributed by atoms with Gasteiger partial charge >= 0.3 is 17.9 Å². The standard InChI is InChI=1S/C61H110O6/c1-4-7-10-13-16-19-22-25-28-29-30-31-34-36-39-42-45-48-51-54-60(63)66-57-58(67-61(64)55-52-49-46-43-40-37-33-27-24-21-18-15-12-9-6-3)56-65-59(62)53-50-47-44-41-38-35-32-26-23-20-17-14-11-8-5-2/h18,21,26-27,29-30,32-33,58H,4-17,19-20,22-25,28,31,34-57H2,1-3H3/b21-18-,30-29-,32-26-,33-27-/t58-/m1/s1.